The van der Waals surface area contributed by atoms with Gasteiger partial charge in [0.15, 0.2) is 0 Å². The molecule has 0 aromatic rings. The summed E-state index contributed by atoms with van der Waals surface area (Å²) >= 11 is 0. The van der Waals surface area contributed by atoms with E-state index in [0.29, 0.717) is 6.42 Å². The highest BCUT2D eigenvalue weighted by molar-refractivity contribution is 5.76. The topological polar surface area (TPSA) is 69.6 Å². The fourth-order valence-corrected chi connectivity index (χ4v) is 6.51. The van der Waals surface area contributed by atoms with E-state index in [1.54, 1.807) is 6.08 Å². The minimum atomic E-state index is -0.844. The van der Waals surface area contributed by atoms with Crippen molar-refractivity contribution in [3.05, 3.63) is 97.2 Å². The normalized spacial score (nSPS) is 13.9. The Morgan fingerprint density at radius 2 is 0.786 bits per heavy atom. The maximum atomic E-state index is 12.4. The fourth-order valence-electron chi connectivity index (χ4n) is 6.51. The van der Waals surface area contributed by atoms with Crippen molar-refractivity contribution >= 4 is 5.91 Å². The van der Waals surface area contributed by atoms with Gasteiger partial charge in [0.25, 0.3) is 0 Å². The number of nitrogens with one attached hydrogen (secondary N) is 1. The number of aliphatic hydroxyl groups is 2. The summed E-state index contributed by atoms with van der Waals surface area (Å²) in [6, 6.07) is -0.627. The molecule has 1 amide bonds. The van der Waals surface area contributed by atoms with Crippen molar-refractivity contribution in [2.24, 2.45) is 0 Å². The zero-order valence-electron chi connectivity index (χ0n) is 36.6. The van der Waals surface area contributed by atoms with E-state index in [4.69, 9.17) is 0 Å². The van der Waals surface area contributed by atoms with Crippen LogP contribution in [0.5, 0.6) is 0 Å². The second-order valence-electron chi connectivity index (χ2n) is 15.4. The van der Waals surface area contributed by atoms with E-state index in [-0.39, 0.29) is 12.5 Å². The highest BCUT2D eigenvalue weighted by atomic mass is 16.3. The van der Waals surface area contributed by atoms with Crippen LogP contribution in [0.4, 0.5) is 0 Å². The molecule has 0 aromatic heterocycles. The summed E-state index contributed by atoms with van der Waals surface area (Å²) in [5.41, 5.74) is 0. The summed E-state index contributed by atoms with van der Waals surface area (Å²) in [4.78, 5) is 12.4. The molecule has 0 bridgehead atoms. The van der Waals surface area contributed by atoms with Gasteiger partial charge in [0.2, 0.25) is 5.91 Å². The summed E-state index contributed by atoms with van der Waals surface area (Å²) in [7, 11) is 0. The molecule has 0 saturated heterocycles. The second-order valence-corrected chi connectivity index (χ2v) is 15.4. The first-order chi connectivity index (χ1) is 27.7. The molecule has 0 aliphatic heterocycles. The maximum absolute atomic E-state index is 12.4. The average Bonchev–Trinajstić information content (AvgIpc) is 3.20. The first-order valence-corrected chi connectivity index (χ1v) is 23.5. The van der Waals surface area contributed by atoms with Gasteiger partial charge in [-0.1, -0.05) is 220 Å². The second kappa shape index (κ2) is 46.7. The Morgan fingerprint density at radius 3 is 1.18 bits per heavy atom. The quantitative estimate of drug-likeness (QED) is 0.0428. The predicted octanol–water partition coefficient (Wildman–Crippen LogP) is 15.0. The third-order valence-corrected chi connectivity index (χ3v) is 10.1. The van der Waals surface area contributed by atoms with Crippen LogP contribution in [0.2, 0.25) is 0 Å². The van der Waals surface area contributed by atoms with Gasteiger partial charge in [-0.15, -0.1) is 0 Å². The molecule has 2 atom stereocenters. The van der Waals surface area contributed by atoms with Gasteiger partial charge < -0.3 is 15.5 Å². The van der Waals surface area contributed by atoms with Gasteiger partial charge in [-0.25, -0.2) is 0 Å². The number of aliphatic hydroxyl groups excluding tert-OH is 2. The molecule has 0 radical (unpaired) electrons. The molecule has 0 heterocycles. The molecule has 0 aliphatic rings. The number of rotatable bonds is 41. The highest BCUT2D eigenvalue weighted by Crippen LogP contribution is 2.14. The van der Waals surface area contributed by atoms with E-state index in [1.807, 2.05) is 6.08 Å². The number of unbranched alkanes of at least 4 members (excludes halogenated alkanes) is 20. The van der Waals surface area contributed by atoms with Gasteiger partial charge in [-0.2, -0.15) is 0 Å². The van der Waals surface area contributed by atoms with Gasteiger partial charge in [0.1, 0.15) is 0 Å². The Morgan fingerprint density at radius 1 is 0.446 bits per heavy atom. The molecule has 4 heteroatoms. The Kier molecular flexibility index (Phi) is 44.4. The minimum absolute atomic E-state index is 0.0733. The van der Waals surface area contributed by atoms with Gasteiger partial charge in [-0.3, -0.25) is 4.79 Å². The van der Waals surface area contributed by atoms with Crippen LogP contribution in [0.1, 0.15) is 206 Å². The Labute approximate surface area is 347 Å². The molecule has 3 N–H and O–H groups in total. The van der Waals surface area contributed by atoms with Crippen molar-refractivity contribution in [3.8, 4) is 0 Å². The van der Waals surface area contributed by atoms with E-state index in [0.717, 1.165) is 70.6 Å². The predicted molar refractivity (Wildman–Crippen MR) is 248 cm³/mol. The fraction of sp³-hybridized carbons (Fsp3) is 0.673. The highest BCUT2D eigenvalue weighted by Gasteiger charge is 2.17. The molecule has 0 aromatic carbocycles. The zero-order valence-corrected chi connectivity index (χ0v) is 36.6. The third kappa shape index (κ3) is 42.5. The van der Waals surface area contributed by atoms with Gasteiger partial charge in [-0.05, 0) is 77.0 Å². The van der Waals surface area contributed by atoms with Crippen LogP contribution >= 0.6 is 0 Å². The lowest BCUT2D eigenvalue weighted by molar-refractivity contribution is -0.123. The smallest absolute Gasteiger partial charge is 0.220 e. The van der Waals surface area contributed by atoms with E-state index in [1.165, 1.54) is 116 Å². The molecule has 0 aliphatic carbocycles. The van der Waals surface area contributed by atoms with E-state index < -0.39 is 12.1 Å². The molecule has 320 valence electrons. The van der Waals surface area contributed by atoms with Crippen LogP contribution in [0.15, 0.2) is 97.2 Å². The van der Waals surface area contributed by atoms with E-state index in [2.05, 4.69) is 104 Å². The molecular formula is C52H89NO3. The average molecular weight is 776 g/mol. The lowest BCUT2D eigenvalue weighted by Gasteiger charge is -2.20. The van der Waals surface area contributed by atoms with E-state index in [9.17, 15) is 15.0 Å². The summed E-state index contributed by atoms with van der Waals surface area (Å²) < 4.78 is 0. The van der Waals surface area contributed by atoms with Crippen molar-refractivity contribution in [2.45, 2.75) is 219 Å². The van der Waals surface area contributed by atoms with Crippen molar-refractivity contribution in [1.29, 1.82) is 0 Å². The number of amides is 1. The van der Waals surface area contributed by atoms with Crippen LogP contribution in [0.3, 0.4) is 0 Å². The minimum Gasteiger partial charge on any atom is -0.394 e. The Bertz CT molecular complexity index is 1060. The first-order valence-electron chi connectivity index (χ1n) is 23.5. The Hall–Kier alpha value is -2.69. The standard InChI is InChI=1S/C52H89NO3/c1-3-5-7-9-11-13-15-16-17-18-19-20-21-22-23-24-25-26-27-28-29-30-31-32-33-34-35-36-38-40-42-44-46-48-52(56)53-50(49-54)51(55)47-45-43-41-39-37-14-12-10-8-6-4-2/h5,7,11,13,16-17,19-20,22-23,25-26,28-29,45,47,50-51,54-55H,3-4,6,8-10,12,14-15,18,21,24,27,30-44,46,48-49H2,1-2H3,(H,53,56)/b7-5-,13-11-,17-16-,20-19-,23-22-,26-25-,29-28-,47-45+. The van der Waals surface area contributed by atoms with Crippen molar-refractivity contribution in [1.82, 2.24) is 5.32 Å². The lowest BCUT2D eigenvalue weighted by atomic mass is 10.0. The summed E-state index contributed by atoms with van der Waals surface area (Å²) in [6.07, 6.45) is 69.5. The monoisotopic (exact) mass is 776 g/mol. The lowest BCUT2D eigenvalue weighted by Crippen LogP contribution is -2.45. The zero-order chi connectivity index (χ0) is 40.7. The summed E-state index contributed by atoms with van der Waals surface area (Å²) in [5.74, 6) is -0.0733. The van der Waals surface area contributed by atoms with Gasteiger partial charge in [0, 0.05) is 6.42 Å². The maximum Gasteiger partial charge on any atom is 0.220 e. The molecule has 0 rings (SSSR count). The van der Waals surface area contributed by atoms with Gasteiger partial charge >= 0.3 is 0 Å². The number of hydrogen-bond acceptors (Lipinski definition) is 3. The number of allylic oxidation sites excluding steroid dienone is 15. The van der Waals surface area contributed by atoms with Crippen LogP contribution in [0, 0.1) is 0 Å². The molecule has 56 heavy (non-hydrogen) atoms. The van der Waals surface area contributed by atoms with Crippen LogP contribution in [-0.4, -0.2) is 34.9 Å². The van der Waals surface area contributed by atoms with Crippen LogP contribution < -0.4 is 5.32 Å². The summed E-state index contributed by atoms with van der Waals surface area (Å²) in [6.45, 7) is 4.17. The molecular weight excluding hydrogens is 687 g/mol. The Balaban J connectivity index is 3.58. The molecule has 4 nitrogen and oxygen atoms in total. The largest absolute Gasteiger partial charge is 0.394 e. The SMILES string of the molecule is CC/C=C\C/C=C\C/C=C\C/C=C\C/C=C\C/C=C\C/C=C\CCCCCCCCCCCCCC(=O)NC(CO)C(O)/C=C/CCCCCCCCCCC. The number of carbonyl (C=O) groups excluding carboxylic acids is 1. The first kappa shape index (κ1) is 53.3. The molecule has 0 fully saturated rings. The van der Waals surface area contributed by atoms with E-state index >= 15 is 0 Å². The summed E-state index contributed by atoms with van der Waals surface area (Å²) in [5, 5.41) is 22.9. The number of hydrogen-bond donors (Lipinski definition) is 3. The molecule has 0 saturated carbocycles. The van der Waals surface area contributed by atoms with Crippen molar-refractivity contribution in [3.63, 3.8) is 0 Å². The van der Waals surface area contributed by atoms with Gasteiger partial charge in [0.05, 0.1) is 18.8 Å². The molecule has 0 spiro atoms. The van der Waals surface area contributed by atoms with Crippen molar-refractivity contribution in [2.75, 3.05) is 6.61 Å². The molecule has 2 unspecified atom stereocenters. The van der Waals surface area contributed by atoms with Crippen molar-refractivity contribution < 1.29 is 15.0 Å². The number of carbonyl (C=O) groups is 1. The third-order valence-electron chi connectivity index (χ3n) is 10.1. The van der Waals surface area contributed by atoms with Crippen LogP contribution in [-0.2, 0) is 4.79 Å². The van der Waals surface area contributed by atoms with Crippen LogP contribution in [0.25, 0.3) is 0 Å².